The van der Waals surface area contributed by atoms with Gasteiger partial charge in [-0.2, -0.15) is 15.0 Å². The molecule has 32 heavy (non-hydrogen) atoms. The highest BCUT2D eigenvalue weighted by Crippen LogP contribution is 2.37. The average molecular weight is 445 g/mol. The van der Waals surface area contributed by atoms with E-state index in [-0.39, 0.29) is 24.2 Å². The second-order valence-electron chi connectivity index (χ2n) is 10.6. The Morgan fingerprint density at radius 1 is 0.531 bits per heavy atom. The van der Waals surface area contributed by atoms with Crippen LogP contribution in [0.1, 0.15) is 44.9 Å². The number of nitrogens with two attached hydrogens (primary N) is 4. The molecule has 3 aliphatic heterocycles. The second kappa shape index (κ2) is 9.24. The minimum atomic E-state index is 0.0252. The molecule has 10 heteroatoms. The van der Waals surface area contributed by atoms with E-state index < -0.39 is 0 Å². The van der Waals surface area contributed by atoms with Gasteiger partial charge in [-0.15, -0.1) is 0 Å². The van der Waals surface area contributed by atoms with Gasteiger partial charge >= 0.3 is 0 Å². The molecule has 1 aliphatic carbocycles. The number of hydrogen-bond donors (Lipinski definition) is 4. The summed E-state index contributed by atoms with van der Waals surface area (Å²) in [4.78, 5) is 21.4. The molecular formula is C22H40N10. The molecule has 3 saturated heterocycles. The molecule has 1 saturated carbocycles. The van der Waals surface area contributed by atoms with E-state index >= 15 is 0 Å². The maximum Gasteiger partial charge on any atom is 0.232 e. The molecule has 6 unspecified atom stereocenters. The van der Waals surface area contributed by atoms with Gasteiger partial charge in [0.2, 0.25) is 17.8 Å². The normalized spacial score (nSPS) is 36.2. The highest BCUT2D eigenvalue weighted by molar-refractivity contribution is 5.48. The molecule has 8 N–H and O–H groups in total. The largest absolute Gasteiger partial charge is 0.340 e. The van der Waals surface area contributed by atoms with Gasteiger partial charge in [0.1, 0.15) is 0 Å². The Bertz CT molecular complexity index is 726. The summed E-state index contributed by atoms with van der Waals surface area (Å²) in [5.74, 6) is 3.73. The molecule has 4 heterocycles. The summed E-state index contributed by atoms with van der Waals surface area (Å²) in [7, 11) is 0. The minimum absolute atomic E-state index is 0.0252. The summed E-state index contributed by atoms with van der Waals surface area (Å²) in [5.41, 5.74) is 25.1. The van der Waals surface area contributed by atoms with Crippen LogP contribution >= 0.6 is 0 Å². The third-order valence-corrected chi connectivity index (χ3v) is 7.77. The zero-order valence-electron chi connectivity index (χ0n) is 19.1. The first kappa shape index (κ1) is 22.1. The lowest BCUT2D eigenvalue weighted by Crippen LogP contribution is -2.54. The van der Waals surface area contributed by atoms with Gasteiger partial charge in [0, 0.05) is 63.4 Å². The average Bonchev–Trinajstić information content (AvgIpc) is 2.77. The first-order valence-electron chi connectivity index (χ1n) is 12.5. The predicted octanol–water partition coefficient (Wildman–Crippen LogP) is -0.382. The van der Waals surface area contributed by atoms with Gasteiger partial charge in [0.05, 0.1) is 0 Å². The summed E-state index contributed by atoms with van der Waals surface area (Å²) >= 11 is 0. The van der Waals surface area contributed by atoms with Crippen molar-refractivity contribution in [3.05, 3.63) is 0 Å². The van der Waals surface area contributed by atoms with Crippen molar-refractivity contribution in [3.8, 4) is 0 Å². The molecule has 1 aromatic heterocycles. The third kappa shape index (κ3) is 4.78. The van der Waals surface area contributed by atoms with E-state index in [0.29, 0.717) is 38.1 Å². The second-order valence-corrected chi connectivity index (χ2v) is 10.6. The van der Waals surface area contributed by atoms with E-state index in [1.807, 2.05) is 0 Å². The van der Waals surface area contributed by atoms with Crippen LogP contribution in [0.2, 0.25) is 0 Å². The highest BCUT2D eigenvalue weighted by atomic mass is 15.4. The summed E-state index contributed by atoms with van der Waals surface area (Å²) in [5, 5.41) is 0. The van der Waals surface area contributed by atoms with Crippen molar-refractivity contribution in [1.29, 1.82) is 0 Å². The van der Waals surface area contributed by atoms with Crippen LogP contribution in [0.15, 0.2) is 0 Å². The molecule has 0 spiro atoms. The van der Waals surface area contributed by atoms with Gasteiger partial charge in [-0.05, 0) is 37.5 Å². The maximum absolute atomic E-state index is 6.28. The summed E-state index contributed by atoms with van der Waals surface area (Å²) in [6, 6.07) is 0.101. The summed E-state index contributed by atoms with van der Waals surface area (Å²) in [6.45, 7) is 4.87. The molecule has 0 bridgehead atoms. The van der Waals surface area contributed by atoms with Crippen molar-refractivity contribution in [2.24, 2.45) is 34.8 Å². The van der Waals surface area contributed by atoms with Crippen molar-refractivity contribution in [3.63, 3.8) is 0 Å². The van der Waals surface area contributed by atoms with Crippen LogP contribution in [-0.4, -0.2) is 78.4 Å². The van der Waals surface area contributed by atoms with E-state index in [2.05, 4.69) is 14.7 Å². The smallest absolute Gasteiger partial charge is 0.232 e. The van der Waals surface area contributed by atoms with Gasteiger partial charge < -0.3 is 37.6 Å². The van der Waals surface area contributed by atoms with E-state index in [0.717, 1.165) is 43.7 Å². The molecule has 5 rings (SSSR count). The van der Waals surface area contributed by atoms with Crippen molar-refractivity contribution < 1.29 is 0 Å². The Kier molecular flexibility index (Phi) is 6.37. The van der Waals surface area contributed by atoms with Crippen LogP contribution in [0.4, 0.5) is 17.8 Å². The zero-order valence-corrected chi connectivity index (χ0v) is 19.1. The highest BCUT2D eigenvalue weighted by Gasteiger charge is 2.34. The maximum atomic E-state index is 6.28. The van der Waals surface area contributed by atoms with Crippen LogP contribution in [0, 0.1) is 11.8 Å². The fourth-order valence-electron chi connectivity index (χ4n) is 6.23. The number of nitrogens with zero attached hydrogens (tertiary/aromatic N) is 6. The topological polar surface area (TPSA) is 152 Å². The van der Waals surface area contributed by atoms with E-state index in [4.69, 9.17) is 37.9 Å². The Morgan fingerprint density at radius 2 is 0.969 bits per heavy atom. The molecule has 4 aliphatic rings. The quantitative estimate of drug-likeness (QED) is 0.485. The van der Waals surface area contributed by atoms with E-state index in [1.54, 1.807) is 0 Å². The number of fused-ring (bicyclic) bond motifs is 1. The Morgan fingerprint density at radius 3 is 1.47 bits per heavy atom. The summed E-state index contributed by atoms with van der Waals surface area (Å²) < 4.78 is 0. The molecule has 0 amide bonds. The Hall–Kier alpha value is -1.75. The molecule has 0 aromatic carbocycles. The lowest BCUT2D eigenvalue weighted by Gasteiger charge is -2.42. The van der Waals surface area contributed by atoms with E-state index in [9.17, 15) is 0 Å². The molecule has 1 aromatic rings. The molecular weight excluding hydrogens is 404 g/mol. The number of piperidine rings is 3. The van der Waals surface area contributed by atoms with Crippen LogP contribution in [-0.2, 0) is 0 Å². The summed E-state index contributed by atoms with van der Waals surface area (Å²) in [6.07, 6.45) is 8.29. The van der Waals surface area contributed by atoms with Crippen molar-refractivity contribution in [2.45, 2.75) is 69.1 Å². The fourth-order valence-corrected chi connectivity index (χ4v) is 6.23. The standard InChI is InChI=1S/C22H40N10/c23-16-7-17(24)11-31(10-16)21-27-20(30-6-5-14-3-1-2-4-15(14)9-30)28-22(29-21)32-12-18(25)8-19(26)13-32/h14-19H,1-13,23-26H2. The first-order chi connectivity index (χ1) is 15.4. The number of rotatable bonds is 3. The van der Waals surface area contributed by atoms with Crippen molar-refractivity contribution in [2.75, 3.05) is 54.0 Å². The first-order valence-corrected chi connectivity index (χ1v) is 12.5. The number of anilines is 3. The van der Waals surface area contributed by atoms with Gasteiger partial charge in [-0.1, -0.05) is 19.3 Å². The van der Waals surface area contributed by atoms with Crippen LogP contribution in [0.3, 0.4) is 0 Å². The predicted molar refractivity (Wildman–Crippen MR) is 128 cm³/mol. The van der Waals surface area contributed by atoms with Gasteiger partial charge in [0.15, 0.2) is 0 Å². The molecule has 4 fully saturated rings. The van der Waals surface area contributed by atoms with Crippen LogP contribution in [0.25, 0.3) is 0 Å². The number of aromatic nitrogens is 3. The lowest BCUT2D eigenvalue weighted by molar-refractivity contribution is 0.201. The zero-order chi connectivity index (χ0) is 22.2. The molecule has 178 valence electrons. The van der Waals surface area contributed by atoms with Crippen molar-refractivity contribution in [1.82, 2.24) is 15.0 Å². The lowest BCUT2D eigenvalue weighted by atomic mass is 9.75. The SMILES string of the molecule is NC1CC(N)CN(c2nc(N3CC(N)CC(N)C3)nc(N3CCC4CCCCC4C3)n2)C1. The minimum Gasteiger partial charge on any atom is -0.340 e. The monoisotopic (exact) mass is 444 g/mol. The molecule has 0 radical (unpaired) electrons. The molecule has 10 nitrogen and oxygen atoms in total. The van der Waals surface area contributed by atoms with Gasteiger partial charge in [0.25, 0.3) is 0 Å². The van der Waals surface area contributed by atoms with Gasteiger partial charge in [-0.25, -0.2) is 0 Å². The van der Waals surface area contributed by atoms with Crippen LogP contribution in [0.5, 0.6) is 0 Å². The Balaban J connectivity index is 1.45. The number of hydrogen-bond acceptors (Lipinski definition) is 10. The fraction of sp³-hybridized carbons (Fsp3) is 0.864. The van der Waals surface area contributed by atoms with Gasteiger partial charge in [-0.3, -0.25) is 0 Å². The Labute approximate surface area is 191 Å². The third-order valence-electron chi connectivity index (χ3n) is 7.77. The van der Waals surface area contributed by atoms with Crippen LogP contribution < -0.4 is 37.6 Å². The van der Waals surface area contributed by atoms with E-state index in [1.165, 1.54) is 32.1 Å². The van der Waals surface area contributed by atoms with Crippen molar-refractivity contribution >= 4 is 17.8 Å². The molecule has 6 atom stereocenters.